The number of carbonyl (C=O) groups excluding carboxylic acids is 2. The largest absolute Gasteiger partial charge is 0.437 e. The molecule has 0 aromatic carbocycles. The first-order chi connectivity index (χ1) is 5.43. The molecule has 0 radical (unpaired) electrons. The molecule has 0 aromatic heterocycles. The molecule has 0 aliphatic heterocycles. The smallest absolute Gasteiger partial charge is 0.405 e. The summed E-state index contributed by atoms with van der Waals surface area (Å²) in [5, 5.41) is -0.692. The lowest BCUT2D eigenvalue weighted by molar-refractivity contribution is -0.119. The van der Waals surface area contributed by atoms with Crippen molar-refractivity contribution in [2.75, 3.05) is 0 Å². The molecule has 4 nitrogen and oxygen atoms in total. The second kappa shape index (κ2) is 4.98. The Kier molecular flexibility index (Phi) is 4.66. The highest BCUT2D eigenvalue weighted by atomic mass is 35.5. The van der Waals surface area contributed by atoms with Crippen LogP contribution in [0.1, 0.15) is 20.3 Å². The maximum atomic E-state index is 10.6. The number of ether oxygens (including phenoxy) is 1. The standard InChI is InChI=1S/C7H12ClNO3/c1-4(2)3-5(6(8)10)12-7(9)11/h4-5H,3H2,1-2H3,(H2,9,11)/t5-/m0/s1. The van der Waals surface area contributed by atoms with Crippen LogP contribution in [0.15, 0.2) is 0 Å². The molecule has 0 aliphatic carbocycles. The zero-order chi connectivity index (χ0) is 9.72. The molecule has 5 heteroatoms. The highest BCUT2D eigenvalue weighted by Crippen LogP contribution is 2.10. The van der Waals surface area contributed by atoms with Gasteiger partial charge in [-0.15, -0.1) is 0 Å². The maximum absolute atomic E-state index is 10.6. The van der Waals surface area contributed by atoms with Gasteiger partial charge < -0.3 is 10.5 Å². The van der Waals surface area contributed by atoms with Crippen molar-refractivity contribution in [3.05, 3.63) is 0 Å². The van der Waals surface area contributed by atoms with Crippen molar-refractivity contribution in [2.45, 2.75) is 26.4 Å². The Balaban J connectivity index is 4.04. The third-order valence-corrected chi connectivity index (χ3v) is 1.44. The van der Waals surface area contributed by atoms with Crippen LogP contribution in [0.5, 0.6) is 0 Å². The van der Waals surface area contributed by atoms with Crippen LogP contribution >= 0.6 is 11.6 Å². The van der Waals surface area contributed by atoms with Crippen LogP contribution in [0, 0.1) is 5.92 Å². The first kappa shape index (κ1) is 11.2. The van der Waals surface area contributed by atoms with Gasteiger partial charge in [-0.25, -0.2) is 4.79 Å². The van der Waals surface area contributed by atoms with Crippen LogP contribution in [0.25, 0.3) is 0 Å². The van der Waals surface area contributed by atoms with Crippen LogP contribution in [-0.2, 0) is 9.53 Å². The van der Waals surface area contributed by atoms with Gasteiger partial charge in [-0.2, -0.15) is 0 Å². The minimum atomic E-state index is -0.977. The van der Waals surface area contributed by atoms with E-state index in [1.54, 1.807) is 0 Å². The molecule has 1 atom stereocenters. The lowest BCUT2D eigenvalue weighted by atomic mass is 10.1. The van der Waals surface area contributed by atoms with Crippen LogP contribution in [0.2, 0.25) is 0 Å². The maximum Gasteiger partial charge on any atom is 0.405 e. The fourth-order valence-corrected chi connectivity index (χ4v) is 0.889. The molecule has 0 heterocycles. The first-order valence-corrected chi connectivity index (χ1v) is 3.96. The summed E-state index contributed by atoms with van der Waals surface area (Å²) in [5.41, 5.74) is 4.73. The number of nitrogens with two attached hydrogens (primary N) is 1. The molecule has 0 aromatic rings. The minimum Gasteiger partial charge on any atom is -0.437 e. The van der Waals surface area contributed by atoms with Gasteiger partial charge in [0.25, 0.3) is 5.24 Å². The Bertz CT molecular complexity index is 181. The number of hydrogen-bond donors (Lipinski definition) is 1. The van der Waals surface area contributed by atoms with Gasteiger partial charge in [0.1, 0.15) is 0 Å². The van der Waals surface area contributed by atoms with E-state index in [1.165, 1.54) is 0 Å². The summed E-state index contributed by atoms with van der Waals surface area (Å²) in [6.45, 7) is 3.77. The van der Waals surface area contributed by atoms with E-state index in [4.69, 9.17) is 17.3 Å². The molecule has 12 heavy (non-hydrogen) atoms. The van der Waals surface area contributed by atoms with E-state index in [1.807, 2.05) is 13.8 Å². The zero-order valence-electron chi connectivity index (χ0n) is 7.04. The summed E-state index contributed by atoms with van der Waals surface area (Å²) in [7, 11) is 0. The molecular weight excluding hydrogens is 182 g/mol. The van der Waals surface area contributed by atoms with Gasteiger partial charge in [-0.3, -0.25) is 4.79 Å². The second-order valence-corrected chi connectivity index (χ2v) is 3.23. The number of halogens is 1. The Hall–Kier alpha value is -0.770. The minimum absolute atomic E-state index is 0.219. The van der Waals surface area contributed by atoms with Crippen molar-refractivity contribution < 1.29 is 14.3 Å². The van der Waals surface area contributed by atoms with Crippen molar-refractivity contribution in [3.8, 4) is 0 Å². The molecular formula is C7H12ClNO3. The fourth-order valence-electron chi connectivity index (χ4n) is 0.755. The molecule has 0 aliphatic rings. The van der Waals surface area contributed by atoms with E-state index >= 15 is 0 Å². The Morgan fingerprint density at radius 1 is 1.50 bits per heavy atom. The van der Waals surface area contributed by atoms with E-state index in [0.717, 1.165) is 0 Å². The average Bonchev–Trinajstić information content (AvgIpc) is 1.83. The van der Waals surface area contributed by atoms with E-state index in [9.17, 15) is 9.59 Å². The topological polar surface area (TPSA) is 69.4 Å². The number of amides is 1. The normalized spacial score (nSPS) is 12.7. The molecule has 0 rings (SSSR count). The molecule has 0 spiro atoms. The third kappa shape index (κ3) is 4.96. The van der Waals surface area contributed by atoms with Gasteiger partial charge >= 0.3 is 6.09 Å². The van der Waals surface area contributed by atoms with Crippen molar-refractivity contribution >= 4 is 22.9 Å². The van der Waals surface area contributed by atoms with Gasteiger partial charge in [0.05, 0.1) is 0 Å². The van der Waals surface area contributed by atoms with E-state index in [2.05, 4.69) is 4.74 Å². The Labute approximate surface area is 76.0 Å². The Morgan fingerprint density at radius 3 is 2.25 bits per heavy atom. The molecule has 70 valence electrons. The quantitative estimate of drug-likeness (QED) is 0.684. The fraction of sp³-hybridized carbons (Fsp3) is 0.714. The van der Waals surface area contributed by atoms with Gasteiger partial charge in [0.2, 0.25) is 0 Å². The molecule has 1 amide bonds. The van der Waals surface area contributed by atoms with Gasteiger partial charge in [0, 0.05) is 0 Å². The zero-order valence-corrected chi connectivity index (χ0v) is 7.80. The molecule has 2 N–H and O–H groups in total. The SMILES string of the molecule is CC(C)C[C@H](OC(N)=O)C(=O)Cl. The van der Waals surface area contributed by atoms with Crippen LogP contribution in [-0.4, -0.2) is 17.4 Å². The van der Waals surface area contributed by atoms with Gasteiger partial charge in [0.15, 0.2) is 6.10 Å². The van der Waals surface area contributed by atoms with Crippen molar-refractivity contribution in [3.63, 3.8) is 0 Å². The van der Waals surface area contributed by atoms with Crippen molar-refractivity contribution in [1.29, 1.82) is 0 Å². The highest BCUT2D eigenvalue weighted by Gasteiger charge is 2.20. The number of rotatable bonds is 4. The summed E-state index contributed by atoms with van der Waals surface area (Å²) < 4.78 is 4.48. The summed E-state index contributed by atoms with van der Waals surface area (Å²) in [4.78, 5) is 20.9. The summed E-state index contributed by atoms with van der Waals surface area (Å²) in [6.07, 6.45) is -1.50. The monoisotopic (exact) mass is 193 g/mol. The van der Waals surface area contributed by atoms with E-state index in [-0.39, 0.29) is 5.92 Å². The summed E-state index contributed by atoms with van der Waals surface area (Å²) in [5.74, 6) is 0.219. The number of carbonyl (C=O) groups is 2. The van der Waals surface area contributed by atoms with Crippen LogP contribution in [0.4, 0.5) is 4.79 Å². The Morgan fingerprint density at radius 2 is 2.00 bits per heavy atom. The summed E-state index contributed by atoms with van der Waals surface area (Å²) in [6, 6.07) is 0. The van der Waals surface area contributed by atoms with Gasteiger partial charge in [-0.1, -0.05) is 13.8 Å². The number of primary amides is 1. The third-order valence-electron chi connectivity index (χ3n) is 1.20. The predicted molar refractivity (Wildman–Crippen MR) is 44.8 cm³/mol. The average molecular weight is 194 g/mol. The summed E-state index contributed by atoms with van der Waals surface area (Å²) >= 11 is 5.16. The number of hydrogen-bond acceptors (Lipinski definition) is 3. The molecule has 0 bridgehead atoms. The first-order valence-electron chi connectivity index (χ1n) is 3.59. The molecule has 0 saturated heterocycles. The van der Waals surface area contributed by atoms with Crippen LogP contribution < -0.4 is 5.73 Å². The molecule has 0 fully saturated rings. The lowest BCUT2D eigenvalue weighted by Gasteiger charge is -2.13. The van der Waals surface area contributed by atoms with Gasteiger partial charge in [-0.05, 0) is 23.9 Å². The predicted octanol–water partition coefficient (Wildman–Crippen LogP) is 1.26. The lowest BCUT2D eigenvalue weighted by Crippen LogP contribution is -2.28. The van der Waals surface area contributed by atoms with Crippen molar-refractivity contribution in [2.24, 2.45) is 11.7 Å². The second-order valence-electron chi connectivity index (χ2n) is 2.86. The van der Waals surface area contributed by atoms with Crippen molar-refractivity contribution in [1.82, 2.24) is 0 Å². The van der Waals surface area contributed by atoms with E-state index in [0.29, 0.717) is 6.42 Å². The molecule has 0 saturated carbocycles. The van der Waals surface area contributed by atoms with E-state index < -0.39 is 17.4 Å². The van der Waals surface area contributed by atoms with Crippen LogP contribution in [0.3, 0.4) is 0 Å². The molecule has 0 unspecified atom stereocenters. The highest BCUT2D eigenvalue weighted by molar-refractivity contribution is 6.64.